The van der Waals surface area contributed by atoms with Crippen molar-refractivity contribution in [2.45, 2.75) is 31.6 Å². The Labute approximate surface area is 141 Å². The molecule has 2 aliphatic rings. The normalized spacial score (nSPS) is 25.2. The zero-order chi connectivity index (χ0) is 16.9. The maximum atomic E-state index is 14.4. The van der Waals surface area contributed by atoms with E-state index in [1.54, 1.807) is 18.3 Å². The minimum atomic E-state index is -0.715. The molecule has 124 valence electrons. The molecule has 1 aromatic carbocycles. The van der Waals surface area contributed by atoms with Gasteiger partial charge < -0.3 is 4.90 Å². The molecule has 1 saturated carbocycles. The summed E-state index contributed by atoms with van der Waals surface area (Å²) in [7, 11) is 0. The van der Waals surface area contributed by atoms with Crippen LogP contribution in [-0.2, 0) is 10.2 Å². The van der Waals surface area contributed by atoms with Crippen LogP contribution in [0, 0.1) is 11.2 Å². The molecule has 1 aromatic heterocycles. The summed E-state index contributed by atoms with van der Waals surface area (Å²) in [4.78, 5) is 19.4. The summed E-state index contributed by atoms with van der Waals surface area (Å²) in [5, 5.41) is 0. The largest absolute Gasteiger partial charge is 0.340 e. The molecule has 1 amide bonds. The standard InChI is InChI=1S/C20H21FN2O/c1-19(2)13-20(19,15-7-3-4-8-16(15)21)18(24)23-11-14(12-23)17-9-5-6-10-22-17/h3-10,14H,11-13H2,1-2H3. The maximum Gasteiger partial charge on any atom is 0.233 e. The predicted octanol–water partition coefficient (Wildman–Crippen LogP) is 3.51. The Balaban J connectivity index is 1.57. The monoisotopic (exact) mass is 324 g/mol. The molecule has 1 aliphatic heterocycles. The summed E-state index contributed by atoms with van der Waals surface area (Å²) in [5.41, 5.74) is 0.647. The fourth-order valence-corrected chi connectivity index (χ4v) is 4.08. The topological polar surface area (TPSA) is 33.2 Å². The van der Waals surface area contributed by atoms with Crippen LogP contribution in [0.2, 0.25) is 0 Å². The quantitative estimate of drug-likeness (QED) is 0.865. The highest BCUT2D eigenvalue weighted by Crippen LogP contribution is 2.65. The van der Waals surface area contributed by atoms with Gasteiger partial charge in [-0.05, 0) is 30.0 Å². The van der Waals surface area contributed by atoms with Crippen molar-refractivity contribution in [1.29, 1.82) is 0 Å². The molecule has 0 N–H and O–H groups in total. The molecule has 2 aromatic rings. The minimum Gasteiger partial charge on any atom is -0.340 e. The Hall–Kier alpha value is -2.23. The van der Waals surface area contributed by atoms with E-state index in [0.29, 0.717) is 25.1 Å². The number of nitrogens with zero attached hydrogens (tertiary/aromatic N) is 2. The molecule has 4 heteroatoms. The molecule has 0 spiro atoms. The van der Waals surface area contributed by atoms with Crippen LogP contribution in [0.5, 0.6) is 0 Å². The number of rotatable bonds is 3. The number of benzene rings is 1. The summed E-state index contributed by atoms with van der Waals surface area (Å²) in [6.07, 6.45) is 2.48. The first kappa shape index (κ1) is 15.3. The van der Waals surface area contributed by atoms with Crippen LogP contribution < -0.4 is 0 Å². The molecule has 2 fully saturated rings. The lowest BCUT2D eigenvalue weighted by atomic mass is 9.84. The van der Waals surface area contributed by atoms with Gasteiger partial charge in [-0.3, -0.25) is 9.78 Å². The molecular formula is C20H21FN2O. The highest BCUT2D eigenvalue weighted by Gasteiger charge is 2.69. The third-order valence-electron chi connectivity index (χ3n) is 5.71. The summed E-state index contributed by atoms with van der Waals surface area (Å²) < 4.78 is 14.4. The van der Waals surface area contributed by atoms with Gasteiger partial charge in [-0.2, -0.15) is 0 Å². The van der Waals surface area contributed by atoms with Crippen molar-refractivity contribution in [1.82, 2.24) is 9.88 Å². The van der Waals surface area contributed by atoms with E-state index in [2.05, 4.69) is 4.98 Å². The number of carbonyl (C=O) groups is 1. The van der Waals surface area contributed by atoms with E-state index < -0.39 is 5.41 Å². The molecule has 0 bridgehead atoms. The average molecular weight is 324 g/mol. The Kier molecular flexibility index (Phi) is 3.27. The van der Waals surface area contributed by atoms with E-state index in [-0.39, 0.29) is 23.1 Å². The lowest BCUT2D eigenvalue weighted by Gasteiger charge is -2.42. The number of halogens is 1. The van der Waals surface area contributed by atoms with Crippen LogP contribution in [0.1, 0.15) is 37.4 Å². The molecule has 0 radical (unpaired) electrons. The van der Waals surface area contributed by atoms with Gasteiger partial charge in [0.1, 0.15) is 5.82 Å². The van der Waals surface area contributed by atoms with Crippen molar-refractivity contribution >= 4 is 5.91 Å². The molecule has 24 heavy (non-hydrogen) atoms. The zero-order valence-electron chi connectivity index (χ0n) is 14.0. The fourth-order valence-electron chi connectivity index (χ4n) is 4.08. The number of likely N-dealkylation sites (tertiary alicyclic amines) is 1. The molecule has 1 atom stereocenters. The summed E-state index contributed by atoms with van der Waals surface area (Å²) in [5.74, 6) is 0.0673. The third-order valence-corrected chi connectivity index (χ3v) is 5.71. The Bertz CT molecular complexity index is 783. The van der Waals surface area contributed by atoms with Crippen LogP contribution in [0.15, 0.2) is 48.7 Å². The number of carbonyl (C=O) groups excluding carboxylic acids is 1. The fraction of sp³-hybridized carbons (Fsp3) is 0.400. The van der Waals surface area contributed by atoms with Gasteiger partial charge in [-0.1, -0.05) is 38.1 Å². The highest BCUT2D eigenvalue weighted by atomic mass is 19.1. The van der Waals surface area contributed by atoms with E-state index >= 15 is 0 Å². The van der Waals surface area contributed by atoms with E-state index in [4.69, 9.17) is 0 Å². The summed E-state index contributed by atoms with van der Waals surface area (Å²) >= 11 is 0. The molecule has 2 heterocycles. The zero-order valence-corrected chi connectivity index (χ0v) is 14.0. The Morgan fingerprint density at radius 2 is 1.83 bits per heavy atom. The third kappa shape index (κ3) is 2.09. The summed E-state index contributed by atoms with van der Waals surface area (Å²) in [6.45, 7) is 5.44. The van der Waals surface area contributed by atoms with Crippen molar-refractivity contribution in [3.8, 4) is 0 Å². The SMILES string of the molecule is CC1(C)CC1(C(=O)N1CC(c2ccccn2)C1)c1ccccc1F. The molecule has 1 unspecified atom stereocenters. The highest BCUT2D eigenvalue weighted by molar-refractivity contribution is 5.93. The van der Waals surface area contributed by atoms with Crippen LogP contribution in [0.25, 0.3) is 0 Å². The lowest BCUT2D eigenvalue weighted by molar-refractivity contribution is -0.139. The van der Waals surface area contributed by atoms with Gasteiger partial charge in [0.2, 0.25) is 5.91 Å². The van der Waals surface area contributed by atoms with Gasteiger partial charge in [-0.15, -0.1) is 0 Å². The Morgan fingerprint density at radius 1 is 1.17 bits per heavy atom. The number of hydrogen-bond acceptors (Lipinski definition) is 2. The first-order valence-corrected chi connectivity index (χ1v) is 8.41. The average Bonchev–Trinajstić information content (AvgIpc) is 3.11. The maximum absolute atomic E-state index is 14.4. The van der Waals surface area contributed by atoms with Crippen molar-refractivity contribution in [3.63, 3.8) is 0 Å². The number of pyridine rings is 1. The van der Waals surface area contributed by atoms with Crippen molar-refractivity contribution in [2.75, 3.05) is 13.1 Å². The number of aromatic nitrogens is 1. The number of hydrogen-bond donors (Lipinski definition) is 0. The van der Waals surface area contributed by atoms with Crippen molar-refractivity contribution in [3.05, 3.63) is 65.7 Å². The van der Waals surface area contributed by atoms with Crippen molar-refractivity contribution in [2.24, 2.45) is 5.41 Å². The number of amides is 1. The van der Waals surface area contributed by atoms with Gasteiger partial charge in [0, 0.05) is 36.5 Å². The minimum absolute atomic E-state index is 0.0600. The van der Waals surface area contributed by atoms with Gasteiger partial charge >= 0.3 is 0 Å². The van der Waals surface area contributed by atoms with E-state index in [9.17, 15) is 9.18 Å². The summed E-state index contributed by atoms with van der Waals surface area (Å²) in [6, 6.07) is 12.6. The Morgan fingerprint density at radius 3 is 2.42 bits per heavy atom. The van der Waals surface area contributed by atoms with Crippen LogP contribution in [0.4, 0.5) is 4.39 Å². The van der Waals surface area contributed by atoms with Gasteiger partial charge in [0.25, 0.3) is 0 Å². The second kappa shape index (κ2) is 5.13. The molecular weight excluding hydrogens is 303 g/mol. The van der Waals surface area contributed by atoms with Crippen LogP contribution in [0.3, 0.4) is 0 Å². The molecule has 4 rings (SSSR count). The molecule has 3 nitrogen and oxygen atoms in total. The predicted molar refractivity (Wildman–Crippen MR) is 90.0 cm³/mol. The second-order valence-electron chi connectivity index (χ2n) is 7.61. The smallest absolute Gasteiger partial charge is 0.233 e. The first-order valence-electron chi connectivity index (χ1n) is 8.41. The van der Waals surface area contributed by atoms with Gasteiger partial charge in [-0.25, -0.2) is 4.39 Å². The van der Waals surface area contributed by atoms with E-state index in [0.717, 1.165) is 5.69 Å². The van der Waals surface area contributed by atoms with Crippen LogP contribution in [-0.4, -0.2) is 28.9 Å². The molecule has 1 saturated heterocycles. The van der Waals surface area contributed by atoms with Crippen molar-refractivity contribution < 1.29 is 9.18 Å². The van der Waals surface area contributed by atoms with E-state index in [1.165, 1.54) is 6.07 Å². The van der Waals surface area contributed by atoms with Gasteiger partial charge in [0.15, 0.2) is 0 Å². The van der Waals surface area contributed by atoms with E-state index in [1.807, 2.05) is 43.0 Å². The van der Waals surface area contributed by atoms with Crippen LogP contribution >= 0.6 is 0 Å². The second-order valence-corrected chi connectivity index (χ2v) is 7.61. The lowest BCUT2D eigenvalue weighted by Crippen LogP contribution is -2.53. The molecule has 1 aliphatic carbocycles. The van der Waals surface area contributed by atoms with Gasteiger partial charge in [0.05, 0.1) is 5.41 Å². The first-order chi connectivity index (χ1) is 11.5.